The maximum absolute atomic E-state index is 12.6. The zero-order valence-corrected chi connectivity index (χ0v) is 19.5. The number of anilines is 3. The molecule has 5 aromatic rings. The van der Waals surface area contributed by atoms with Crippen LogP contribution in [0.2, 0.25) is 0 Å². The summed E-state index contributed by atoms with van der Waals surface area (Å²) >= 11 is 0. The lowest BCUT2D eigenvalue weighted by Gasteiger charge is -2.17. The fourth-order valence-corrected chi connectivity index (χ4v) is 4.16. The number of fused-ring (bicyclic) bond motifs is 2. The van der Waals surface area contributed by atoms with Crippen LogP contribution in [0.5, 0.6) is 11.5 Å². The number of hydrogen-bond donors (Lipinski definition) is 1. The van der Waals surface area contributed by atoms with E-state index >= 15 is 0 Å². The Balaban J connectivity index is 1.27. The highest BCUT2D eigenvalue weighted by atomic mass is 16.5. The van der Waals surface area contributed by atoms with Crippen LogP contribution in [0, 0.1) is 6.92 Å². The third kappa shape index (κ3) is 3.72. The second kappa shape index (κ2) is 8.31. The van der Waals surface area contributed by atoms with E-state index in [2.05, 4.69) is 38.5 Å². The normalized spacial score (nSPS) is 13.7. The van der Waals surface area contributed by atoms with Crippen LogP contribution in [-0.2, 0) is 4.79 Å². The molecule has 1 aliphatic rings. The number of aromatic nitrogens is 5. The minimum Gasteiger partial charge on any atom is -0.457 e. The van der Waals surface area contributed by atoms with Gasteiger partial charge in [0.1, 0.15) is 30.0 Å². The first-order chi connectivity index (χ1) is 17.5. The number of benzene rings is 2. The van der Waals surface area contributed by atoms with Crippen LogP contribution in [-0.4, -0.2) is 37.0 Å². The highest BCUT2D eigenvalue weighted by Gasteiger charge is 2.29. The minimum atomic E-state index is -0.139. The van der Waals surface area contributed by atoms with Crippen LogP contribution in [0.3, 0.4) is 0 Å². The van der Waals surface area contributed by atoms with Gasteiger partial charge in [0.2, 0.25) is 0 Å². The molecule has 176 valence electrons. The molecule has 0 atom stereocenters. The first-order valence-electron chi connectivity index (χ1n) is 11.2. The number of ether oxygens (including phenoxy) is 1. The van der Waals surface area contributed by atoms with Gasteiger partial charge in [-0.15, -0.1) is 0 Å². The van der Waals surface area contributed by atoms with E-state index in [0.717, 1.165) is 39.2 Å². The average Bonchev–Trinajstić information content (AvgIpc) is 3.45. The van der Waals surface area contributed by atoms with Crippen molar-refractivity contribution in [3.63, 3.8) is 0 Å². The Kier molecular flexibility index (Phi) is 4.96. The number of pyridine rings is 1. The Labute approximate surface area is 206 Å². The number of amides is 1. The number of nitrogens with zero attached hydrogens (tertiary/aromatic N) is 6. The van der Waals surface area contributed by atoms with E-state index in [-0.39, 0.29) is 5.91 Å². The zero-order valence-electron chi connectivity index (χ0n) is 19.5. The van der Waals surface area contributed by atoms with E-state index in [9.17, 15) is 4.79 Å². The molecule has 1 aliphatic heterocycles. The molecule has 1 N–H and O–H groups in total. The van der Waals surface area contributed by atoms with Gasteiger partial charge in [0, 0.05) is 34.6 Å². The molecule has 3 aromatic heterocycles. The van der Waals surface area contributed by atoms with E-state index in [1.807, 2.05) is 55.5 Å². The van der Waals surface area contributed by atoms with E-state index in [4.69, 9.17) is 4.74 Å². The molecule has 0 aliphatic carbocycles. The molecule has 0 unspecified atom stereocenters. The molecule has 1 amide bonds. The Hall–Kier alpha value is -5.05. The summed E-state index contributed by atoms with van der Waals surface area (Å²) in [7, 11) is 0. The lowest BCUT2D eigenvalue weighted by Crippen LogP contribution is -2.24. The predicted molar refractivity (Wildman–Crippen MR) is 138 cm³/mol. The van der Waals surface area contributed by atoms with Gasteiger partial charge in [0.25, 0.3) is 5.91 Å². The minimum absolute atomic E-state index is 0.139. The van der Waals surface area contributed by atoms with Crippen molar-refractivity contribution in [2.24, 2.45) is 0 Å². The van der Waals surface area contributed by atoms with E-state index in [1.165, 1.54) is 12.7 Å². The summed E-state index contributed by atoms with van der Waals surface area (Å²) in [6, 6.07) is 15.1. The lowest BCUT2D eigenvalue weighted by molar-refractivity contribution is -0.114. The standard InChI is InChI=1S/C27H21N7O2/c1-16-10-19(4-7-24(16)36-21-8-9-34-25(12-21)29-15-31-34)32-26-22-11-20(5-6-23(22)28-14-30-26)33-13-17(2)18(3)27(33)35/h4-12,14-15H,2-3,13H2,1H3,(H,28,30,32). The molecule has 4 heterocycles. The average molecular weight is 476 g/mol. The number of aryl methyl sites for hydroxylation is 1. The summed E-state index contributed by atoms with van der Waals surface area (Å²) in [6.45, 7) is 10.2. The third-order valence-electron chi connectivity index (χ3n) is 6.13. The summed E-state index contributed by atoms with van der Waals surface area (Å²) in [4.78, 5) is 27.3. The topological polar surface area (TPSA) is 97.5 Å². The summed E-state index contributed by atoms with van der Waals surface area (Å²) in [5.41, 5.74) is 5.18. The highest BCUT2D eigenvalue weighted by molar-refractivity contribution is 6.13. The van der Waals surface area contributed by atoms with Crippen LogP contribution < -0.4 is 15.0 Å². The monoisotopic (exact) mass is 475 g/mol. The van der Waals surface area contributed by atoms with Gasteiger partial charge < -0.3 is 15.0 Å². The fourth-order valence-electron chi connectivity index (χ4n) is 4.16. The van der Waals surface area contributed by atoms with Gasteiger partial charge in [-0.2, -0.15) is 5.10 Å². The second-order valence-electron chi connectivity index (χ2n) is 8.53. The molecule has 1 fully saturated rings. The van der Waals surface area contributed by atoms with Crippen molar-refractivity contribution in [1.82, 2.24) is 24.6 Å². The molecular weight excluding hydrogens is 454 g/mol. The fraction of sp³-hybridized carbons (Fsp3) is 0.0741. The van der Waals surface area contributed by atoms with Gasteiger partial charge >= 0.3 is 0 Å². The molecule has 0 bridgehead atoms. The van der Waals surface area contributed by atoms with Gasteiger partial charge in [-0.05, 0) is 60.5 Å². The Morgan fingerprint density at radius 3 is 2.69 bits per heavy atom. The van der Waals surface area contributed by atoms with Crippen molar-refractivity contribution in [3.8, 4) is 11.5 Å². The number of rotatable bonds is 5. The largest absolute Gasteiger partial charge is 0.457 e. The molecule has 0 radical (unpaired) electrons. The van der Waals surface area contributed by atoms with Crippen LogP contribution in [0.4, 0.5) is 17.2 Å². The molecule has 36 heavy (non-hydrogen) atoms. The van der Waals surface area contributed by atoms with Crippen molar-refractivity contribution in [3.05, 3.63) is 97.2 Å². The van der Waals surface area contributed by atoms with Gasteiger partial charge in [-0.1, -0.05) is 13.2 Å². The summed E-state index contributed by atoms with van der Waals surface area (Å²) in [6.07, 6.45) is 4.82. The van der Waals surface area contributed by atoms with Crippen LogP contribution >= 0.6 is 0 Å². The van der Waals surface area contributed by atoms with Gasteiger partial charge in [0.15, 0.2) is 5.65 Å². The Bertz CT molecular complexity index is 1710. The van der Waals surface area contributed by atoms with Crippen molar-refractivity contribution in [2.45, 2.75) is 6.92 Å². The van der Waals surface area contributed by atoms with Crippen molar-refractivity contribution >= 4 is 39.6 Å². The Morgan fingerprint density at radius 1 is 1.00 bits per heavy atom. The van der Waals surface area contributed by atoms with Gasteiger partial charge in [-0.25, -0.2) is 19.5 Å². The predicted octanol–water partition coefficient (Wildman–Crippen LogP) is 4.98. The lowest BCUT2D eigenvalue weighted by atomic mass is 10.1. The number of carbonyl (C=O) groups excluding carboxylic acids is 1. The maximum atomic E-state index is 12.6. The molecule has 6 rings (SSSR count). The summed E-state index contributed by atoms with van der Waals surface area (Å²) in [5.74, 6) is 1.90. The Morgan fingerprint density at radius 2 is 1.89 bits per heavy atom. The highest BCUT2D eigenvalue weighted by Crippen LogP contribution is 2.33. The summed E-state index contributed by atoms with van der Waals surface area (Å²) < 4.78 is 7.75. The summed E-state index contributed by atoms with van der Waals surface area (Å²) in [5, 5.41) is 8.28. The van der Waals surface area contributed by atoms with Gasteiger partial charge in [-0.3, -0.25) is 4.79 Å². The quantitative estimate of drug-likeness (QED) is 0.358. The zero-order chi connectivity index (χ0) is 24.8. The van der Waals surface area contributed by atoms with E-state index < -0.39 is 0 Å². The van der Waals surface area contributed by atoms with Crippen molar-refractivity contribution in [1.29, 1.82) is 0 Å². The van der Waals surface area contributed by atoms with Gasteiger partial charge in [0.05, 0.1) is 12.1 Å². The molecule has 2 aromatic carbocycles. The number of hydrogen-bond acceptors (Lipinski definition) is 7. The van der Waals surface area contributed by atoms with Crippen LogP contribution in [0.15, 0.2) is 91.7 Å². The first kappa shape index (κ1) is 21.5. The van der Waals surface area contributed by atoms with Crippen LogP contribution in [0.1, 0.15) is 5.56 Å². The SMILES string of the molecule is C=C1CN(c2ccc3ncnc(Nc4ccc(Oc5ccn6ncnc6c5)c(C)c4)c3c2)C(=O)C1=C. The van der Waals surface area contributed by atoms with Crippen LogP contribution in [0.25, 0.3) is 16.6 Å². The molecule has 0 saturated carbocycles. The third-order valence-corrected chi connectivity index (χ3v) is 6.13. The smallest absolute Gasteiger partial charge is 0.258 e. The number of nitrogens with one attached hydrogen (secondary N) is 1. The van der Waals surface area contributed by atoms with Crippen molar-refractivity contribution < 1.29 is 9.53 Å². The second-order valence-corrected chi connectivity index (χ2v) is 8.53. The van der Waals surface area contributed by atoms with Crippen molar-refractivity contribution in [2.75, 3.05) is 16.8 Å². The number of carbonyl (C=O) groups is 1. The van der Waals surface area contributed by atoms with E-state index in [1.54, 1.807) is 15.6 Å². The molecule has 1 saturated heterocycles. The first-order valence-corrected chi connectivity index (χ1v) is 11.2. The molecule has 9 nitrogen and oxygen atoms in total. The molecule has 0 spiro atoms. The maximum Gasteiger partial charge on any atom is 0.258 e. The van der Waals surface area contributed by atoms with E-state index in [0.29, 0.717) is 29.3 Å². The molecular formula is C27H21N7O2. The molecule has 9 heteroatoms.